The third-order valence-corrected chi connectivity index (χ3v) is 5.00. The molecular formula is C17H19N3O5S. The Morgan fingerprint density at radius 2 is 1.88 bits per heavy atom. The molecule has 8 nitrogen and oxygen atoms in total. The van der Waals surface area contributed by atoms with Gasteiger partial charge in [0.05, 0.1) is 21.1 Å². The van der Waals surface area contributed by atoms with Crippen molar-refractivity contribution in [3.8, 4) is 0 Å². The number of hydrogen-bond donors (Lipinski definition) is 2. The van der Waals surface area contributed by atoms with Crippen molar-refractivity contribution in [3.05, 3.63) is 63.7 Å². The van der Waals surface area contributed by atoms with Crippen LogP contribution in [0.2, 0.25) is 0 Å². The Hall–Kier alpha value is -2.94. The van der Waals surface area contributed by atoms with E-state index in [0.717, 1.165) is 12.5 Å². The van der Waals surface area contributed by atoms with Crippen molar-refractivity contribution in [1.82, 2.24) is 5.32 Å². The Bertz CT molecular complexity index is 941. The fourth-order valence-electron chi connectivity index (χ4n) is 2.26. The second-order valence-electron chi connectivity index (χ2n) is 5.61. The number of aryl methyl sites for hydroxylation is 1. The van der Waals surface area contributed by atoms with Gasteiger partial charge in [-0.2, -0.15) is 0 Å². The Balaban J connectivity index is 2.38. The molecule has 2 rings (SSSR count). The first-order valence-electron chi connectivity index (χ1n) is 7.91. The molecular weight excluding hydrogens is 358 g/mol. The van der Waals surface area contributed by atoms with E-state index in [0.29, 0.717) is 12.1 Å². The van der Waals surface area contributed by atoms with Gasteiger partial charge in [0.2, 0.25) is 0 Å². The van der Waals surface area contributed by atoms with Gasteiger partial charge in [0.15, 0.2) is 0 Å². The van der Waals surface area contributed by atoms with E-state index in [2.05, 4.69) is 10.0 Å². The molecule has 2 aromatic rings. The number of carbonyl (C=O) groups excluding carboxylic acids is 1. The molecule has 138 valence electrons. The maximum absolute atomic E-state index is 12.6. The predicted molar refractivity (Wildman–Crippen MR) is 97.7 cm³/mol. The molecule has 0 aliphatic heterocycles. The van der Waals surface area contributed by atoms with Crippen molar-refractivity contribution in [2.75, 3.05) is 11.3 Å². The number of nitro groups is 1. The molecule has 0 unspecified atom stereocenters. The van der Waals surface area contributed by atoms with Crippen LogP contribution in [0.5, 0.6) is 0 Å². The monoisotopic (exact) mass is 377 g/mol. The maximum atomic E-state index is 12.6. The molecule has 0 bridgehead atoms. The highest BCUT2D eigenvalue weighted by atomic mass is 32.2. The van der Waals surface area contributed by atoms with Gasteiger partial charge < -0.3 is 5.32 Å². The van der Waals surface area contributed by atoms with Gasteiger partial charge in [0.1, 0.15) is 0 Å². The molecule has 0 saturated carbocycles. The van der Waals surface area contributed by atoms with E-state index in [4.69, 9.17) is 0 Å². The first-order valence-corrected chi connectivity index (χ1v) is 9.39. The smallest absolute Gasteiger partial charge is 0.273 e. The summed E-state index contributed by atoms with van der Waals surface area (Å²) in [5, 5.41) is 13.7. The summed E-state index contributed by atoms with van der Waals surface area (Å²) in [6.45, 7) is 3.89. The van der Waals surface area contributed by atoms with Gasteiger partial charge in [-0.3, -0.25) is 19.6 Å². The fraction of sp³-hybridized carbons (Fsp3) is 0.235. The molecule has 0 radical (unpaired) electrons. The molecule has 0 saturated heterocycles. The number of benzene rings is 2. The van der Waals surface area contributed by atoms with Gasteiger partial charge in [-0.15, -0.1) is 0 Å². The van der Waals surface area contributed by atoms with Crippen LogP contribution in [-0.4, -0.2) is 25.8 Å². The van der Waals surface area contributed by atoms with Crippen LogP contribution in [0.1, 0.15) is 29.3 Å². The summed E-state index contributed by atoms with van der Waals surface area (Å²) < 4.78 is 27.6. The molecule has 0 aromatic heterocycles. The van der Waals surface area contributed by atoms with Crippen molar-refractivity contribution < 1.29 is 18.1 Å². The zero-order valence-electron chi connectivity index (χ0n) is 14.4. The number of nitro benzene ring substituents is 1. The molecule has 0 atom stereocenters. The zero-order chi connectivity index (χ0) is 19.3. The molecule has 0 heterocycles. The van der Waals surface area contributed by atoms with E-state index in [-0.39, 0.29) is 21.8 Å². The topological polar surface area (TPSA) is 118 Å². The summed E-state index contributed by atoms with van der Waals surface area (Å²) in [7, 11) is -4.10. The van der Waals surface area contributed by atoms with Crippen molar-refractivity contribution in [3.63, 3.8) is 0 Å². The van der Waals surface area contributed by atoms with Gasteiger partial charge in [-0.1, -0.05) is 25.1 Å². The second kappa shape index (κ2) is 7.96. The zero-order valence-corrected chi connectivity index (χ0v) is 15.2. The fourth-order valence-corrected chi connectivity index (χ4v) is 3.36. The highest BCUT2D eigenvalue weighted by molar-refractivity contribution is 7.92. The number of carbonyl (C=O) groups is 1. The summed E-state index contributed by atoms with van der Waals surface area (Å²) in [5.41, 5.74) is 0.339. The van der Waals surface area contributed by atoms with Crippen LogP contribution < -0.4 is 10.0 Å². The summed E-state index contributed by atoms with van der Waals surface area (Å²) in [4.78, 5) is 22.4. The molecule has 0 fully saturated rings. The van der Waals surface area contributed by atoms with E-state index in [1.54, 1.807) is 12.1 Å². The SMILES string of the molecule is CCCNC(=O)c1ccccc1NS(=O)(=O)c1ccc(C)c([N+](=O)[O-])c1. The maximum Gasteiger partial charge on any atom is 0.273 e. The number of sulfonamides is 1. The second-order valence-corrected chi connectivity index (χ2v) is 7.29. The van der Waals surface area contributed by atoms with Gasteiger partial charge in [-0.25, -0.2) is 8.42 Å². The molecule has 0 aliphatic rings. The number of anilines is 1. The lowest BCUT2D eigenvalue weighted by molar-refractivity contribution is -0.385. The van der Waals surface area contributed by atoms with Crippen LogP contribution in [-0.2, 0) is 10.0 Å². The number of nitrogens with zero attached hydrogens (tertiary/aromatic N) is 1. The molecule has 0 spiro atoms. The Morgan fingerprint density at radius 1 is 1.19 bits per heavy atom. The van der Waals surface area contributed by atoms with Crippen LogP contribution >= 0.6 is 0 Å². The van der Waals surface area contributed by atoms with Gasteiger partial charge >= 0.3 is 0 Å². The average Bonchev–Trinajstić information content (AvgIpc) is 2.59. The van der Waals surface area contributed by atoms with Crippen LogP contribution in [0.4, 0.5) is 11.4 Å². The van der Waals surface area contributed by atoms with Gasteiger partial charge in [0, 0.05) is 18.2 Å². The highest BCUT2D eigenvalue weighted by Crippen LogP contribution is 2.25. The van der Waals surface area contributed by atoms with Crippen molar-refractivity contribution in [2.45, 2.75) is 25.2 Å². The number of nitrogens with one attached hydrogen (secondary N) is 2. The first kappa shape index (κ1) is 19.4. The summed E-state index contributed by atoms with van der Waals surface area (Å²) >= 11 is 0. The molecule has 1 amide bonds. The minimum atomic E-state index is -4.10. The number of hydrogen-bond acceptors (Lipinski definition) is 5. The lowest BCUT2D eigenvalue weighted by atomic mass is 10.1. The van der Waals surface area contributed by atoms with Crippen molar-refractivity contribution in [2.24, 2.45) is 0 Å². The average molecular weight is 377 g/mol. The lowest BCUT2D eigenvalue weighted by Gasteiger charge is -2.13. The van der Waals surface area contributed by atoms with Crippen LogP contribution in [0.15, 0.2) is 47.4 Å². The Kier molecular flexibility index (Phi) is 5.93. The quantitative estimate of drug-likeness (QED) is 0.568. The molecule has 2 aromatic carbocycles. The van der Waals surface area contributed by atoms with E-state index in [1.165, 1.54) is 31.2 Å². The van der Waals surface area contributed by atoms with Crippen molar-refractivity contribution in [1.29, 1.82) is 0 Å². The third kappa shape index (κ3) is 4.37. The Labute approximate surface area is 151 Å². The predicted octanol–water partition coefficient (Wildman–Crippen LogP) is 2.84. The summed E-state index contributed by atoms with van der Waals surface area (Å²) in [6.07, 6.45) is 0.743. The van der Waals surface area contributed by atoms with Gasteiger partial charge in [0.25, 0.3) is 21.6 Å². The van der Waals surface area contributed by atoms with E-state index < -0.39 is 20.9 Å². The first-order chi connectivity index (χ1) is 12.3. The Morgan fingerprint density at radius 3 is 2.54 bits per heavy atom. The van der Waals surface area contributed by atoms with Gasteiger partial charge in [-0.05, 0) is 31.5 Å². The molecule has 9 heteroatoms. The van der Waals surface area contributed by atoms with Crippen LogP contribution in [0.25, 0.3) is 0 Å². The number of amides is 1. The minimum Gasteiger partial charge on any atom is -0.352 e. The van der Waals surface area contributed by atoms with Crippen LogP contribution in [0, 0.1) is 17.0 Å². The standard InChI is InChI=1S/C17H19N3O5S/c1-3-10-18-17(21)14-6-4-5-7-15(14)19-26(24,25)13-9-8-12(2)16(11-13)20(22)23/h4-9,11,19H,3,10H2,1-2H3,(H,18,21). The summed E-state index contributed by atoms with van der Waals surface area (Å²) in [6, 6.07) is 9.82. The van der Waals surface area contributed by atoms with E-state index >= 15 is 0 Å². The van der Waals surface area contributed by atoms with E-state index in [9.17, 15) is 23.3 Å². The molecule has 2 N–H and O–H groups in total. The minimum absolute atomic E-state index is 0.101. The molecule has 26 heavy (non-hydrogen) atoms. The van der Waals surface area contributed by atoms with Crippen molar-refractivity contribution >= 4 is 27.3 Å². The number of para-hydroxylation sites is 1. The molecule has 0 aliphatic carbocycles. The number of rotatable bonds is 7. The lowest BCUT2D eigenvalue weighted by Crippen LogP contribution is -2.25. The van der Waals surface area contributed by atoms with Crippen LogP contribution in [0.3, 0.4) is 0 Å². The summed E-state index contributed by atoms with van der Waals surface area (Å²) in [5.74, 6) is -0.403. The highest BCUT2D eigenvalue weighted by Gasteiger charge is 2.22. The normalized spacial score (nSPS) is 11.0. The van der Waals surface area contributed by atoms with E-state index in [1.807, 2.05) is 6.92 Å². The third-order valence-electron chi connectivity index (χ3n) is 3.64. The largest absolute Gasteiger partial charge is 0.352 e.